The molecule has 1 aliphatic carbocycles. The molecule has 0 saturated heterocycles. The molecule has 9 rings (SSSR count). The highest BCUT2D eigenvalue weighted by molar-refractivity contribution is 7.00. The molecule has 1 aromatic heterocycles. The SMILES string of the molecule is Cc1cc2c3c(c1)N(c1ccc(C(C)(C)C)cc1)c1c(oc4cc5c(cc14)C(C)(C)CCC5(C)C)B3c1cc([Si](C)(C)C)ccc1N2c1ccc([Si](C)(C)C)cc1. The summed E-state index contributed by atoms with van der Waals surface area (Å²) in [5.41, 5.74) is 17.7. The van der Waals surface area contributed by atoms with E-state index in [1.165, 1.54) is 95.9 Å². The first-order valence-corrected chi connectivity index (χ1v) is 28.3. The normalized spacial score (nSPS) is 17.0. The van der Waals surface area contributed by atoms with Gasteiger partial charge < -0.3 is 14.2 Å². The zero-order chi connectivity index (χ0) is 40.8. The lowest BCUT2D eigenvalue weighted by molar-refractivity contribution is 0.332. The molecule has 0 saturated carbocycles. The van der Waals surface area contributed by atoms with Gasteiger partial charge in [-0.25, -0.2) is 0 Å². The molecular weight excluding hydrogens is 724 g/mol. The maximum atomic E-state index is 7.46. The fraction of sp³-hybridized carbons (Fsp3) is 0.373. The van der Waals surface area contributed by atoms with Gasteiger partial charge in [-0.05, 0) is 124 Å². The third kappa shape index (κ3) is 6.03. The van der Waals surface area contributed by atoms with Crippen molar-refractivity contribution in [3.63, 3.8) is 0 Å². The maximum absolute atomic E-state index is 7.46. The summed E-state index contributed by atoms with van der Waals surface area (Å²) < 4.78 is 7.46. The van der Waals surface area contributed by atoms with Crippen molar-refractivity contribution in [1.82, 2.24) is 0 Å². The van der Waals surface area contributed by atoms with Crippen LogP contribution >= 0.6 is 0 Å². The number of fused-ring (bicyclic) bond motifs is 7. The van der Waals surface area contributed by atoms with E-state index in [4.69, 9.17) is 4.42 Å². The van der Waals surface area contributed by atoms with Gasteiger partial charge in [-0.15, -0.1) is 0 Å². The van der Waals surface area contributed by atoms with Gasteiger partial charge in [-0.2, -0.15) is 0 Å². The first-order chi connectivity index (χ1) is 26.5. The number of aryl methyl sites for hydroxylation is 1. The predicted molar refractivity (Wildman–Crippen MR) is 255 cm³/mol. The number of nitrogens with zero attached hydrogens (tertiary/aromatic N) is 2. The Bertz CT molecular complexity index is 2600. The van der Waals surface area contributed by atoms with Crippen LogP contribution in [0.1, 0.15) is 83.6 Å². The molecule has 292 valence electrons. The lowest BCUT2D eigenvalue weighted by Crippen LogP contribution is -2.62. The Kier molecular flexibility index (Phi) is 8.31. The number of benzene rings is 5. The van der Waals surface area contributed by atoms with Crippen molar-refractivity contribution < 1.29 is 4.42 Å². The number of rotatable bonds is 4. The first-order valence-electron chi connectivity index (χ1n) is 21.3. The van der Waals surface area contributed by atoms with E-state index in [-0.39, 0.29) is 23.0 Å². The van der Waals surface area contributed by atoms with Crippen molar-refractivity contribution in [2.75, 3.05) is 9.80 Å². The van der Waals surface area contributed by atoms with Crippen LogP contribution in [0.5, 0.6) is 0 Å². The molecule has 2 aliphatic heterocycles. The van der Waals surface area contributed by atoms with Crippen molar-refractivity contribution in [2.24, 2.45) is 0 Å². The van der Waals surface area contributed by atoms with E-state index in [1.54, 1.807) is 0 Å². The van der Waals surface area contributed by atoms with Gasteiger partial charge in [0.25, 0.3) is 6.71 Å². The van der Waals surface area contributed by atoms with E-state index in [0.29, 0.717) is 0 Å². The predicted octanol–water partition coefficient (Wildman–Crippen LogP) is 11.6. The average molecular weight is 785 g/mol. The van der Waals surface area contributed by atoms with Crippen LogP contribution in [-0.2, 0) is 16.2 Å². The summed E-state index contributed by atoms with van der Waals surface area (Å²) in [6.45, 7) is 33.6. The number of furan rings is 1. The minimum absolute atomic E-state index is 0.0510. The molecule has 0 fully saturated rings. The minimum Gasteiger partial charge on any atom is -0.468 e. The second kappa shape index (κ2) is 12.4. The molecule has 0 N–H and O–H groups in total. The zero-order valence-electron chi connectivity index (χ0n) is 37.0. The van der Waals surface area contributed by atoms with E-state index in [2.05, 4.69) is 195 Å². The van der Waals surface area contributed by atoms with E-state index in [0.717, 1.165) is 11.2 Å². The molecular formula is C51H61BN2OSi2. The van der Waals surface area contributed by atoms with E-state index < -0.39 is 16.1 Å². The fourth-order valence-corrected chi connectivity index (χ4v) is 12.3. The van der Waals surface area contributed by atoms with Gasteiger partial charge in [0, 0.05) is 33.8 Å². The van der Waals surface area contributed by atoms with Crippen LogP contribution in [0.3, 0.4) is 0 Å². The number of hydrogen-bond acceptors (Lipinski definition) is 3. The van der Waals surface area contributed by atoms with Crippen molar-refractivity contribution in [3.8, 4) is 0 Å². The monoisotopic (exact) mass is 784 g/mol. The highest BCUT2D eigenvalue weighted by Crippen LogP contribution is 2.51. The molecule has 57 heavy (non-hydrogen) atoms. The molecule has 3 heterocycles. The Morgan fingerprint density at radius 1 is 0.614 bits per heavy atom. The molecule has 3 aliphatic rings. The summed E-state index contributed by atoms with van der Waals surface area (Å²) in [6, 6.07) is 36.1. The van der Waals surface area contributed by atoms with Crippen LogP contribution in [-0.4, -0.2) is 22.9 Å². The summed E-state index contributed by atoms with van der Waals surface area (Å²) in [5, 5.41) is 4.17. The van der Waals surface area contributed by atoms with Crippen molar-refractivity contribution in [1.29, 1.82) is 0 Å². The smallest absolute Gasteiger partial charge is 0.297 e. The molecule has 0 unspecified atom stereocenters. The minimum atomic E-state index is -1.68. The highest BCUT2D eigenvalue weighted by Gasteiger charge is 2.48. The Morgan fingerprint density at radius 3 is 1.72 bits per heavy atom. The second-order valence-electron chi connectivity index (χ2n) is 21.9. The Hall–Kier alpha value is -4.26. The Morgan fingerprint density at radius 2 is 1.14 bits per heavy atom. The molecule has 0 atom stereocenters. The molecule has 3 nitrogen and oxygen atoms in total. The quantitative estimate of drug-likeness (QED) is 0.166. The van der Waals surface area contributed by atoms with Gasteiger partial charge >= 0.3 is 0 Å². The standard InChI is InChI=1S/C51H61BN2OSi2/c1-32-27-43-46-44(28-32)54(35-17-15-33(16-18-35)49(2,3)4)47-38-30-39-40(51(7,8)26-25-50(39,5)6)31-45(38)55-48(47)52(46)41-29-37(57(12,13)14)23-24-42(41)53(43)34-19-21-36(22-20-34)56(9,10)11/h15-24,27-31H,25-26H2,1-14H3. The van der Waals surface area contributed by atoms with Gasteiger partial charge in [0.2, 0.25) is 0 Å². The van der Waals surface area contributed by atoms with Crippen LogP contribution in [0.15, 0.2) is 95.4 Å². The van der Waals surface area contributed by atoms with Crippen LogP contribution in [0.25, 0.3) is 11.0 Å². The molecule has 5 aromatic carbocycles. The Labute approximate surface area is 344 Å². The van der Waals surface area contributed by atoms with E-state index in [1.807, 2.05) is 0 Å². The van der Waals surface area contributed by atoms with E-state index >= 15 is 0 Å². The van der Waals surface area contributed by atoms with Gasteiger partial charge in [0.1, 0.15) is 5.58 Å². The van der Waals surface area contributed by atoms with Crippen LogP contribution in [0.2, 0.25) is 39.3 Å². The van der Waals surface area contributed by atoms with Gasteiger partial charge in [0.05, 0.1) is 27.5 Å². The molecule has 6 heteroatoms. The van der Waals surface area contributed by atoms with E-state index in [9.17, 15) is 0 Å². The lowest BCUT2D eigenvalue weighted by atomic mass is 9.35. The summed E-state index contributed by atoms with van der Waals surface area (Å²) in [7, 11) is -3.16. The Balaban J connectivity index is 1.39. The summed E-state index contributed by atoms with van der Waals surface area (Å²) >= 11 is 0. The van der Waals surface area contributed by atoms with Crippen molar-refractivity contribution >= 4 is 94.9 Å². The van der Waals surface area contributed by atoms with Crippen molar-refractivity contribution in [3.05, 3.63) is 113 Å². The summed E-state index contributed by atoms with van der Waals surface area (Å²) in [4.78, 5) is 5.11. The van der Waals surface area contributed by atoms with Gasteiger partial charge in [0.15, 0.2) is 0 Å². The fourth-order valence-electron chi connectivity index (χ4n) is 9.92. The molecule has 0 amide bonds. The third-order valence-electron chi connectivity index (χ3n) is 13.6. The average Bonchev–Trinajstić information content (AvgIpc) is 3.50. The van der Waals surface area contributed by atoms with Gasteiger partial charge in [-0.3, -0.25) is 0 Å². The summed E-state index contributed by atoms with van der Waals surface area (Å²) in [6.07, 6.45) is 2.34. The second-order valence-corrected chi connectivity index (χ2v) is 32.1. The molecule has 6 aromatic rings. The largest absolute Gasteiger partial charge is 0.468 e. The first kappa shape index (κ1) is 38.3. The molecule has 0 radical (unpaired) electrons. The lowest BCUT2D eigenvalue weighted by Gasteiger charge is -2.43. The summed E-state index contributed by atoms with van der Waals surface area (Å²) in [5.74, 6) is 0. The maximum Gasteiger partial charge on any atom is 0.297 e. The molecule has 0 spiro atoms. The van der Waals surface area contributed by atoms with Crippen LogP contribution < -0.4 is 36.8 Å². The van der Waals surface area contributed by atoms with Crippen LogP contribution in [0, 0.1) is 6.92 Å². The van der Waals surface area contributed by atoms with Crippen molar-refractivity contribution in [2.45, 2.75) is 124 Å². The zero-order valence-corrected chi connectivity index (χ0v) is 39.0. The topological polar surface area (TPSA) is 19.6 Å². The third-order valence-corrected chi connectivity index (χ3v) is 17.7. The number of hydrogen-bond donors (Lipinski definition) is 0. The molecule has 0 bridgehead atoms. The highest BCUT2D eigenvalue weighted by atomic mass is 28.3. The number of anilines is 6. The van der Waals surface area contributed by atoms with Crippen LogP contribution in [0.4, 0.5) is 34.1 Å². The van der Waals surface area contributed by atoms with Gasteiger partial charge in [-0.1, -0.05) is 135 Å².